The number of carbonyl (C=O) groups is 3. The van der Waals surface area contributed by atoms with Crippen LogP contribution in [-0.2, 0) is 25.3 Å². The lowest BCUT2D eigenvalue weighted by molar-refractivity contribution is -0.384. The van der Waals surface area contributed by atoms with Crippen molar-refractivity contribution in [2.24, 2.45) is 5.92 Å². The van der Waals surface area contributed by atoms with Gasteiger partial charge in [0.15, 0.2) is 6.61 Å². The van der Waals surface area contributed by atoms with Gasteiger partial charge >= 0.3 is 12.1 Å². The van der Waals surface area contributed by atoms with Crippen molar-refractivity contribution in [1.82, 2.24) is 0 Å². The molecule has 33 heavy (non-hydrogen) atoms. The minimum Gasteiger partial charge on any atom is -0.455 e. The van der Waals surface area contributed by atoms with E-state index < -0.39 is 47.0 Å². The lowest BCUT2D eigenvalue weighted by Gasteiger charge is -2.16. The van der Waals surface area contributed by atoms with Crippen molar-refractivity contribution in [1.29, 1.82) is 0 Å². The van der Waals surface area contributed by atoms with Crippen molar-refractivity contribution >= 4 is 46.4 Å². The second kappa shape index (κ2) is 9.45. The number of benzene rings is 2. The van der Waals surface area contributed by atoms with Crippen molar-refractivity contribution in [3.63, 3.8) is 0 Å². The van der Waals surface area contributed by atoms with E-state index in [4.69, 9.17) is 16.3 Å². The van der Waals surface area contributed by atoms with Gasteiger partial charge in [-0.15, -0.1) is 0 Å². The zero-order chi connectivity index (χ0) is 24.3. The first-order chi connectivity index (χ1) is 15.5. The van der Waals surface area contributed by atoms with Gasteiger partial charge in [-0.3, -0.25) is 24.5 Å². The van der Waals surface area contributed by atoms with Gasteiger partial charge in [0.05, 0.1) is 27.1 Å². The van der Waals surface area contributed by atoms with E-state index in [9.17, 15) is 37.7 Å². The fraction of sp³-hybridized carbons (Fsp3) is 0.250. The van der Waals surface area contributed by atoms with Gasteiger partial charge in [0.1, 0.15) is 0 Å². The Morgan fingerprint density at radius 1 is 1.21 bits per heavy atom. The fourth-order valence-corrected chi connectivity index (χ4v) is 3.27. The van der Waals surface area contributed by atoms with Crippen LogP contribution in [-0.4, -0.2) is 35.9 Å². The van der Waals surface area contributed by atoms with Crippen LogP contribution < -0.4 is 10.2 Å². The normalized spacial score (nSPS) is 15.9. The summed E-state index contributed by atoms with van der Waals surface area (Å²) in [6, 6.07) is 7.56. The number of hydrogen-bond acceptors (Lipinski definition) is 6. The van der Waals surface area contributed by atoms with Crippen LogP contribution in [0.25, 0.3) is 0 Å². The maximum Gasteiger partial charge on any atom is 0.416 e. The molecule has 1 heterocycles. The molecule has 2 aromatic carbocycles. The molecule has 174 valence electrons. The SMILES string of the molecule is O=C(COC(=O)[C@@H]1CC(=O)N(c2ccc([N+](=O)[O-])cc2)C1)Nc1cc(C(F)(F)F)ccc1Cl. The van der Waals surface area contributed by atoms with Crippen LogP contribution in [0.1, 0.15) is 12.0 Å². The molecule has 0 bridgehead atoms. The third kappa shape index (κ3) is 5.77. The monoisotopic (exact) mass is 485 g/mol. The average molecular weight is 486 g/mol. The van der Waals surface area contributed by atoms with Crippen LogP contribution >= 0.6 is 11.6 Å². The summed E-state index contributed by atoms with van der Waals surface area (Å²) in [5.74, 6) is -3.07. The molecule has 1 aliphatic heterocycles. The quantitative estimate of drug-likeness (QED) is 0.377. The molecule has 1 saturated heterocycles. The fourth-order valence-electron chi connectivity index (χ4n) is 3.11. The topological polar surface area (TPSA) is 119 Å². The van der Waals surface area contributed by atoms with Crippen LogP contribution in [0.5, 0.6) is 0 Å². The highest BCUT2D eigenvalue weighted by atomic mass is 35.5. The van der Waals surface area contributed by atoms with Crippen LogP contribution in [0.15, 0.2) is 42.5 Å². The van der Waals surface area contributed by atoms with Gasteiger partial charge in [0, 0.05) is 30.8 Å². The van der Waals surface area contributed by atoms with Crippen LogP contribution in [0.3, 0.4) is 0 Å². The Bertz CT molecular complexity index is 1110. The Morgan fingerprint density at radius 2 is 1.88 bits per heavy atom. The third-order valence-electron chi connectivity index (χ3n) is 4.74. The van der Waals surface area contributed by atoms with E-state index in [1.807, 2.05) is 0 Å². The first kappa shape index (κ1) is 24.0. The zero-order valence-corrected chi connectivity index (χ0v) is 17.4. The van der Waals surface area contributed by atoms with E-state index >= 15 is 0 Å². The Labute approximate surface area is 189 Å². The standard InChI is InChI=1S/C20H15ClF3N3O6/c21-15-6-1-12(20(22,23)24)8-16(15)25-17(28)10-33-19(30)11-7-18(29)26(9-11)13-2-4-14(5-3-13)27(31)32/h1-6,8,11H,7,9-10H2,(H,25,28)/t11-/m1/s1. The van der Waals surface area contributed by atoms with Crippen molar-refractivity contribution < 1.29 is 37.2 Å². The molecule has 0 aliphatic carbocycles. The molecule has 0 unspecified atom stereocenters. The van der Waals surface area contributed by atoms with E-state index in [1.165, 1.54) is 29.2 Å². The third-order valence-corrected chi connectivity index (χ3v) is 5.07. The smallest absolute Gasteiger partial charge is 0.416 e. The van der Waals surface area contributed by atoms with E-state index in [0.29, 0.717) is 11.8 Å². The average Bonchev–Trinajstić information content (AvgIpc) is 3.14. The molecule has 2 aromatic rings. The van der Waals surface area contributed by atoms with Crippen molar-refractivity contribution in [3.05, 3.63) is 63.2 Å². The predicted octanol–water partition coefficient (Wildman–Crippen LogP) is 3.80. The molecule has 13 heteroatoms. The second-order valence-corrected chi connectivity index (χ2v) is 7.43. The summed E-state index contributed by atoms with van der Waals surface area (Å²) in [7, 11) is 0. The Balaban J connectivity index is 1.56. The van der Waals surface area contributed by atoms with Gasteiger partial charge in [-0.25, -0.2) is 0 Å². The minimum absolute atomic E-state index is 0.0590. The molecule has 0 saturated carbocycles. The number of nitro benzene ring substituents is 1. The summed E-state index contributed by atoms with van der Waals surface area (Å²) in [5.41, 5.74) is -1.12. The van der Waals surface area contributed by atoms with Crippen molar-refractivity contribution in [3.8, 4) is 0 Å². The van der Waals surface area contributed by atoms with Gasteiger partial charge in [0.25, 0.3) is 11.6 Å². The van der Waals surface area contributed by atoms with Crippen LogP contribution in [0.2, 0.25) is 5.02 Å². The number of ether oxygens (including phenoxy) is 1. The summed E-state index contributed by atoms with van der Waals surface area (Å²) in [6.07, 6.45) is -4.84. The Hall–Kier alpha value is -3.67. The number of esters is 1. The first-order valence-electron chi connectivity index (χ1n) is 9.33. The van der Waals surface area contributed by atoms with Gasteiger partial charge in [0.2, 0.25) is 5.91 Å². The van der Waals surface area contributed by atoms with E-state index in [1.54, 1.807) is 0 Å². The summed E-state index contributed by atoms with van der Waals surface area (Å²) in [6.45, 7) is -0.857. The first-order valence-corrected chi connectivity index (χ1v) is 9.71. The summed E-state index contributed by atoms with van der Waals surface area (Å²) in [4.78, 5) is 47.9. The molecular formula is C20H15ClF3N3O6. The van der Waals surface area contributed by atoms with E-state index in [0.717, 1.165) is 12.1 Å². The molecule has 1 fully saturated rings. The minimum atomic E-state index is -4.64. The molecule has 3 rings (SSSR count). The summed E-state index contributed by atoms with van der Waals surface area (Å²) >= 11 is 5.80. The number of hydrogen-bond donors (Lipinski definition) is 1. The second-order valence-electron chi connectivity index (χ2n) is 7.03. The van der Waals surface area contributed by atoms with E-state index in [-0.39, 0.29) is 29.4 Å². The van der Waals surface area contributed by atoms with Gasteiger partial charge in [-0.1, -0.05) is 11.6 Å². The number of alkyl halides is 3. The zero-order valence-electron chi connectivity index (χ0n) is 16.6. The predicted molar refractivity (Wildman–Crippen MR) is 110 cm³/mol. The molecule has 0 aromatic heterocycles. The molecular weight excluding hydrogens is 471 g/mol. The number of nitro groups is 1. The maximum absolute atomic E-state index is 12.8. The summed E-state index contributed by atoms with van der Waals surface area (Å²) in [5, 5.41) is 12.7. The largest absolute Gasteiger partial charge is 0.455 e. The lowest BCUT2D eigenvalue weighted by atomic mass is 10.1. The molecule has 9 nitrogen and oxygen atoms in total. The van der Waals surface area contributed by atoms with Crippen LogP contribution in [0.4, 0.5) is 30.2 Å². The highest BCUT2D eigenvalue weighted by Crippen LogP contribution is 2.34. The summed E-state index contributed by atoms with van der Waals surface area (Å²) < 4.78 is 43.4. The number of anilines is 2. The molecule has 2 amide bonds. The van der Waals surface area contributed by atoms with Gasteiger partial charge in [-0.2, -0.15) is 13.2 Å². The highest BCUT2D eigenvalue weighted by Gasteiger charge is 2.36. The van der Waals surface area contributed by atoms with Crippen molar-refractivity contribution in [2.45, 2.75) is 12.6 Å². The lowest BCUT2D eigenvalue weighted by Crippen LogP contribution is -2.28. The number of nitrogens with one attached hydrogen (secondary N) is 1. The number of nitrogens with zero attached hydrogens (tertiary/aromatic N) is 2. The maximum atomic E-state index is 12.8. The van der Waals surface area contributed by atoms with Gasteiger partial charge < -0.3 is 15.0 Å². The Kier molecular flexibility index (Phi) is 6.86. The number of carbonyl (C=O) groups excluding carboxylic acids is 3. The number of non-ortho nitro benzene ring substituents is 1. The highest BCUT2D eigenvalue weighted by molar-refractivity contribution is 6.33. The number of amides is 2. The molecule has 1 atom stereocenters. The number of rotatable bonds is 6. The molecule has 1 N–H and O–H groups in total. The van der Waals surface area contributed by atoms with Crippen molar-refractivity contribution in [2.75, 3.05) is 23.4 Å². The molecule has 1 aliphatic rings. The van der Waals surface area contributed by atoms with E-state index in [2.05, 4.69) is 5.32 Å². The molecule has 0 spiro atoms. The van der Waals surface area contributed by atoms with Crippen LogP contribution in [0, 0.1) is 16.0 Å². The van der Waals surface area contributed by atoms with Gasteiger partial charge in [-0.05, 0) is 30.3 Å². The molecule has 0 radical (unpaired) electrons. The number of halogens is 4. The Morgan fingerprint density at radius 3 is 2.48 bits per heavy atom.